The number of carboxylic acids is 1. The molecule has 6 heteroatoms. The minimum atomic E-state index is -1.03. The van der Waals surface area contributed by atoms with E-state index in [0.717, 1.165) is 0 Å². The zero-order chi connectivity index (χ0) is 15.7. The van der Waals surface area contributed by atoms with Crippen LogP contribution in [0.15, 0.2) is 47.0 Å². The Morgan fingerprint density at radius 2 is 1.86 bits per heavy atom. The number of carbonyl (C=O) groups is 1. The van der Waals surface area contributed by atoms with Crippen LogP contribution in [0.2, 0.25) is 0 Å². The van der Waals surface area contributed by atoms with Crippen LogP contribution < -0.4 is 0 Å². The van der Waals surface area contributed by atoms with Gasteiger partial charge in [-0.2, -0.15) is 4.98 Å². The van der Waals surface area contributed by atoms with E-state index in [1.54, 1.807) is 31.2 Å². The quantitative estimate of drug-likeness (QED) is 0.800. The maximum Gasteiger partial charge on any atom is 0.335 e. The zero-order valence-electron chi connectivity index (χ0n) is 11.6. The summed E-state index contributed by atoms with van der Waals surface area (Å²) in [6.45, 7) is 1.66. The van der Waals surface area contributed by atoms with Crippen molar-refractivity contribution >= 4 is 5.97 Å². The van der Waals surface area contributed by atoms with Crippen molar-refractivity contribution in [2.24, 2.45) is 0 Å². The number of benzene rings is 2. The molecule has 0 aliphatic heterocycles. The third-order valence-corrected chi connectivity index (χ3v) is 3.34. The molecule has 3 rings (SSSR count). The average molecular weight is 298 g/mol. The Hall–Kier alpha value is -3.02. The Morgan fingerprint density at radius 3 is 2.59 bits per heavy atom. The molecule has 1 heterocycles. The van der Waals surface area contributed by atoms with E-state index < -0.39 is 11.8 Å². The van der Waals surface area contributed by atoms with E-state index in [2.05, 4.69) is 10.1 Å². The lowest BCUT2D eigenvalue weighted by Gasteiger charge is -2.04. The highest BCUT2D eigenvalue weighted by atomic mass is 19.1. The van der Waals surface area contributed by atoms with Gasteiger partial charge in [0.15, 0.2) is 0 Å². The van der Waals surface area contributed by atoms with Crippen LogP contribution in [0.1, 0.15) is 15.9 Å². The molecule has 0 saturated heterocycles. The molecule has 1 N–H and O–H groups in total. The number of hydrogen-bond acceptors (Lipinski definition) is 4. The molecule has 0 aliphatic carbocycles. The maximum atomic E-state index is 13.7. The summed E-state index contributed by atoms with van der Waals surface area (Å²) in [7, 11) is 0. The van der Waals surface area contributed by atoms with Crippen molar-refractivity contribution in [3.05, 3.63) is 59.4 Å². The fourth-order valence-electron chi connectivity index (χ4n) is 2.19. The highest BCUT2D eigenvalue weighted by Crippen LogP contribution is 2.27. The lowest BCUT2D eigenvalue weighted by molar-refractivity contribution is 0.0696. The summed E-state index contributed by atoms with van der Waals surface area (Å²) in [6, 6.07) is 10.9. The Bertz CT molecular complexity index is 858. The van der Waals surface area contributed by atoms with Gasteiger partial charge in [0.25, 0.3) is 5.89 Å². The van der Waals surface area contributed by atoms with Crippen molar-refractivity contribution in [3.63, 3.8) is 0 Å². The van der Waals surface area contributed by atoms with Crippen LogP contribution in [0, 0.1) is 12.7 Å². The summed E-state index contributed by atoms with van der Waals surface area (Å²) in [5.41, 5.74) is 1.42. The Morgan fingerprint density at radius 1 is 1.14 bits per heavy atom. The molecule has 0 saturated carbocycles. The molecule has 0 bridgehead atoms. The van der Waals surface area contributed by atoms with Crippen LogP contribution in [-0.4, -0.2) is 21.2 Å². The zero-order valence-corrected chi connectivity index (χ0v) is 11.6. The van der Waals surface area contributed by atoms with Gasteiger partial charge in [-0.05, 0) is 30.7 Å². The van der Waals surface area contributed by atoms with Crippen LogP contribution in [0.3, 0.4) is 0 Å². The van der Waals surface area contributed by atoms with E-state index in [1.165, 1.54) is 18.2 Å². The summed E-state index contributed by atoms with van der Waals surface area (Å²) in [6.07, 6.45) is 0. The van der Waals surface area contributed by atoms with Gasteiger partial charge in [-0.25, -0.2) is 9.18 Å². The summed E-state index contributed by atoms with van der Waals surface area (Å²) in [5.74, 6) is -1.22. The van der Waals surface area contributed by atoms with Gasteiger partial charge in [0.2, 0.25) is 5.82 Å². The van der Waals surface area contributed by atoms with Crippen molar-refractivity contribution in [1.29, 1.82) is 0 Å². The molecule has 110 valence electrons. The summed E-state index contributed by atoms with van der Waals surface area (Å²) < 4.78 is 18.8. The van der Waals surface area contributed by atoms with E-state index in [4.69, 9.17) is 9.63 Å². The fourth-order valence-corrected chi connectivity index (χ4v) is 2.19. The predicted molar refractivity (Wildman–Crippen MR) is 76.8 cm³/mol. The van der Waals surface area contributed by atoms with Gasteiger partial charge in [0, 0.05) is 5.56 Å². The molecule has 2 aromatic carbocycles. The molecular weight excluding hydrogens is 287 g/mol. The first-order chi connectivity index (χ1) is 10.6. The lowest BCUT2D eigenvalue weighted by Crippen LogP contribution is -2.01. The maximum absolute atomic E-state index is 13.7. The van der Waals surface area contributed by atoms with Crippen molar-refractivity contribution in [2.75, 3.05) is 0 Å². The minimum absolute atomic E-state index is 0.0493. The van der Waals surface area contributed by atoms with Crippen LogP contribution in [-0.2, 0) is 0 Å². The van der Waals surface area contributed by atoms with Gasteiger partial charge in [-0.1, -0.05) is 29.4 Å². The monoisotopic (exact) mass is 298 g/mol. The second kappa shape index (κ2) is 5.40. The van der Waals surface area contributed by atoms with Crippen molar-refractivity contribution in [2.45, 2.75) is 6.92 Å². The highest BCUT2D eigenvalue weighted by molar-refractivity contribution is 5.91. The molecule has 0 radical (unpaired) electrons. The van der Waals surface area contributed by atoms with E-state index >= 15 is 0 Å². The van der Waals surface area contributed by atoms with Crippen LogP contribution in [0.25, 0.3) is 22.8 Å². The molecule has 3 aromatic rings. The van der Waals surface area contributed by atoms with Gasteiger partial charge in [-0.3, -0.25) is 0 Å². The molecule has 0 unspecified atom stereocenters. The van der Waals surface area contributed by atoms with Gasteiger partial charge in [0.05, 0.1) is 11.1 Å². The highest BCUT2D eigenvalue weighted by Gasteiger charge is 2.17. The van der Waals surface area contributed by atoms with E-state index in [9.17, 15) is 9.18 Å². The molecule has 5 nitrogen and oxygen atoms in total. The molecule has 0 amide bonds. The van der Waals surface area contributed by atoms with Crippen molar-refractivity contribution in [1.82, 2.24) is 10.1 Å². The van der Waals surface area contributed by atoms with Gasteiger partial charge >= 0.3 is 5.97 Å². The molecule has 0 fully saturated rings. The number of halogens is 1. The smallest absolute Gasteiger partial charge is 0.335 e. The molecule has 22 heavy (non-hydrogen) atoms. The summed E-state index contributed by atoms with van der Waals surface area (Å²) >= 11 is 0. The van der Waals surface area contributed by atoms with Gasteiger partial charge in [-0.15, -0.1) is 0 Å². The second-order valence-corrected chi connectivity index (χ2v) is 4.69. The first-order valence-corrected chi connectivity index (χ1v) is 6.50. The van der Waals surface area contributed by atoms with Crippen LogP contribution in [0.5, 0.6) is 0 Å². The lowest BCUT2D eigenvalue weighted by atomic mass is 10.0. The first kappa shape index (κ1) is 13.9. The number of carboxylic acid groups (broad SMARTS) is 1. The Labute approximate surface area is 125 Å². The number of aromatic nitrogens is 2. The molecule has 0 aliphatic rings. The van der Waals surface area contributed by atoms with E-state index in [1.807, 2.05) is 0 Å². The van der Waals surface area contributed by atoms with Crippen molar-refractivity contribution in [3.8, 4) is 22.8 Å². The third-order valence-electron chi connectivity index (χ3n) is 3.34. The Balaban J connectivity index is 2.07. The third kappa shape index (κ3) is 2.35. The number of nitrogens with zero attached hydrogens (tertiary/aromatic N) is 2. The molecule has 1 aromatic heterocycles. The van der Waals surface area contributed by atoms with Crippen LogP contribution in [0.4, 0.5) is 4.39 Å². The Kier molecular flexibility index (Phi) is 3.42. The molecular formula is C16H11FN2O3. The predicted octanol–water partition coefficient (Wildman–Crippen LogP) is 3.55. The second-order valence-electron chi connectivity index (χ2n) is 4.69. The van der Waals surface area contributed by atoms with Crippen LogP contribution >= 0.6 is 0 Å². The summed E-state index contributed by atoms with van der Waals surface area (Å²) in [4.78, 5) is 15.3. The summed E-state index contributed by atoms with van der Waals surface area (Å²) in [5, 5.41) is 13.0. The molecule has 0 atom stereocenters. The van der Waals surface area contributed by atoms with Gasteiger partial charge in [0.1, 0.15) is 5.82 Å². The average Bonchev–Trinajstić information content (AvgIpc) is 2.97. The normalized spacial score (nSPS) is 10.6. The van der Waals surface area contributed by atoms with E-state index in [-0.39, 0.29) is 22.8 Å². The molecule has 0 spiro atoms. The SMILES string of the molecule is Cc1c(C(=O)O)cccc1-c1noc(-c2ccccc2F)n1. The number of hydrogen-bond donors (Lipinski definition) is 1. The number of aromatic carboxylic acids is 1. The standard InChI is InChI=1S/C16H11FN2O3/c1-9-10(6-4-7-11(9)16(20)21)14-18-15(22-19-14)12-5-2-3-8-13(12)17/h2-8H,1H3,(H,20,21). The minimum Gasteiger partial charge on any atom is -0.478 e. The topological polar surface area (TPSA) is 76.2 Å². The van der Waals surface area contributed by atoms with E-state index in [0.29, 0.717) is 11.1 Å². The first-order valence-electron chi connectivity index (χ1n) is 6.50. The largest absolute Gasteiger partial charge is 0.478 e. The number of rotatable bonds is 3. The van der Waals surface area contributed by atoms with Gasteiger partial charge < -0.3 is 9.63 Å². The van der Waals surface area contributed by atoms with Crippen molar-refractivity contribution < 1.29 is 18.8 Å². The fraction of sp³-hybridized carbons (Fsp3) is 0.0625.